The molecule has 0 bridgehead atoms. The highest BCUT2D eigenvalue weighted by Crippen LogP contribution is 2.21. The van der Waals surface area contributed by atoms with E-state index in [0.717, 1.165) is 25.1 Å². The van der Waals surface area contributed by atoms with E-state index in [-0.39, 0.29) is 12.1 Å². The number of amides is 2. The second-order valence-corrected chi connectivity index (χ2v) is 6.38. The molecule has 1 aliphatic heterocycles. The van der Waals surface area contributed by atoms with E-state index >= 15 is 0 Å². The van der Waals surface area contributed by atoms with Crippen LogP contribution in [0.5, 0.6) is 0 Å². The van der Waals surface area contributed by atoms with E-state index in [0.29, 0.717) is 18.1 Å². The van der Waals surface area contributed by atoms with Gasteiger partial charge in [0.15, 0.2) is 5.82 Å². The van der Waals surface area contributed by atoms with Crippen LogP contribution in [0.2, 0.25) is 0 Å². The molecule has 0 radical (unpaired) electrons. The third-order valence-corrected chi connectivity index (χ3v) is 4.21. The van der Waals surface area contributed by atoms with Crippen molar-refractivity contribution in [3.05, 3.63) is 42.9 Å². The zero-order valence-electron chi connectivity index (χ0n) is 14.6. The van der Waals surface area contributed by atoms with Gasteiger partial charge in [0.2, 0.25) is 0 Å². The molecule has 3 rings (SSSR count). The van der Waals surface area contributed by atoms with Gasteiger partial charge in [0, 0.05) is 38.9 Å². The maximum Gasteiger partial charge on any atom is 0.322 e. The summed E-state index contributed by atoms with van der Waals surface area (Å²) in [5, 5.41) is 6.44. The van der Waals surface area contributed by atoms with Crippen molar-refractivity contribution in [2.24, 2.45) is 0 Å². The van der Waals surface area contributed by atoms with Crippen molar-refractivity contribution in [2.45, 2.75) is 18.9 Å². The summed E-state index contributed by atoms with van der Waals surface area (Å²) < 4.78 is 0. The lowest BCUT2D eigenvalue weighted by molar-refractivity contribution is 0.196. The Hall–Kier alpha value is -2.83. The first kappa shape index (κ1) is 17.0. The number of piperidine rings is 1. The molecule has 7 nitrogen and oxygen atoms in total. The van der Waals surface area contributed by atoms with Gasteiger partial charge in [-0.05, 0) is 25.0 Å². The van der Waals surface area contributed by atoms with E-state index in [4.69, 9.17) is 0 Å². The molecule has 132 valence electrons. The molecule has 0 saturated carbocycles. The van der Waals surface area contributed by atoms with Crippen LogP contribution in [0.4, 0.5) is 22.0 Å². The Morgan fingerprint density at radius 2 is 2.08 bits per heavy atom. The number of aromatic nitrogens is 2. The third-order valence-electron chi connectivity index (χ3n) is 4.21. The van der Waals surface area contributed by atoms with Crippen LogP contribution in [0.1, 0.15) is 12.8 Å². The number of nitrogens with one attached hydrogen (secondary N) is 2. The first-order valence-corrected chi connectivity index (χ1v) is 8.48. The Morgan fingerprint density at radius 1 is 1.28 bits per heavy atom. The highest BCUT2D eigenvalue weighted by Gasteiger charge is 2.24. The monoisotopic (exact) mass is 340 g/mol. The Bertz CT molecular complexity index is 706. The van der Waals surface area contributed by atoms with Crippen molar-refractivity contribution in [3.63, 3.8) is 0 Å². The standard InChI is InChI=1S/C18H24N6O/c1-23(2)17-16(11-19-13-20-17)22-18(25)24-10-6-9-15(12-24)21-14-7-4-3-5-8-14/h3-5,7-8,11,13,15,21H,6,9-10,12H2,1-2H3,(H,22,25). The number of carbonyl (C=O) groups is 1. The number of hydrogen-bond donors (Lipinski definition) is 2. The van der Waals surface area contributed by atoms with Crippen molar-refractivity contribution in [1.29, 1.82) is 0 Å². The fourth-order valence-electron chi connectivity index (χ4n) is 3.01. The topological polar surface area (TPSA) is 73.4 Å². The number of urea groups is 1. The van der Waals surface area contributed by atoms with E-state index in [1.807, 2.05) is 54.2 Å². The summed E-state index contributed by atoms with van der Waals surface area (Å²) in [4.78, 5) is 24.6. The van der Waals surface area contributed by atoms with Crippen LogP contribution in [-0.4, -0.2) is 54.1 Å². The number of rotatable bonds is 4. The third kappa shape index (κ3) is 4.37. The minimum atomic E-state index is -0.113. The number of hydrogen-bond acceptors (Lipinski definition) is 5. The Morgan fingerprint density at radius 3 is 2.84 bits per heavy atom. The van der Waals surface area contributed by atoms with E-state index in [2.05, 4.69) is 20.6 Å². The molecule has 2 N–H and O–H groups in total. The van der Waals surface area contributed by atoms with Crippen molar-refractivity contribution in [2.75, 3.05) is 42.7 Å². The van der Waals surface area contributed by atoms with Crippen LogP contribution >= 0.6 is 0 Å². The summed E-state index contributed by atoms with van der Waals surface area (Å²) >= 11 is 0. The number of likely N-dealkylation sites (tertiary alicyclic amines) is 1. The largest absolute Gasteiger partial charge is 0.381 e. The van der Waals surface area contributed by atoms with E-state index in [1.54, 1.807) is 6.20 Å². The zero-order chi connectivity index (χ0) is 17.6. The van der Waals surface area contributed by atoms with Crippen LogP contribution in [0.25, 0.3) is 0 Å². The van der Waals surface area contributed by atoms with Crippen LogP contribution in [0.15, 0.2) is 42.9 Å². The molecule has 1 fully saturated rings. The van der Waals surface area contributed by atoms with Crippen molar-refractivity contribution >= 4 is 23.2 Å². The van der Waals surface area contributed by atoms with Gasteiger partial charge in [-0.2, -0.15) is 0 Å². The van der Waals surface area contributed by atoms with Crippen molar-refractivity contribution in [3.8, 4) is 0 Å². The van der Waals surface area contributed by atoms with Gasteiger partial charge in [-0.3, -0.25) is 0 Å². The SMILES string of the molecule is CN(C)c1ncncc1NC(=O)N1CCCC(Nc2ccccc2)C1. The van der Waals surface area contributed by atoms with Gasteiger partial charge in [0.1, 0.15) is 12.0 Å². The molecule has 25 heavy (non-hydrogen) atoms. The van der Waals surface area contributed by atoms with Crippen molar-refractivity contribution < 1.29 is 4.79 Å². The Kier molecular flexibility index (Phi) is 5.33. The molecule has 1 atom stereocenters. The number of carbonyl (C=O) groups excluding carboxylic acids is 1. The number of nitrogens with zero attached hydrogens (tertiary/aromatic N) is 4. The molecule has 0 spiro atoms. The molecule has 1 aromatic carbocycles. The summed E-state index contributed by atoms with van der Waals surface area (Å²) in [6, 6.07) is 10.2. The number of anilines is 3. The highest BCUT2D eigenvalue weighted by molar-refractivity contribution is 5.92. The summed E-state index contributed by atoms with van der Waals surface area (Å²) in [6.07, 6.45) is 5.13. The van der Waals surface area contributed by atoms with Gasteiger partial charge in [-0.1, -0.05) is 18.2 Å². The van der Waals surface area contributed by atoms with E-state index < -0.39 is 0 Å². The summed E-state index contributed by atoms with van der Waals surface area (Å²) in [5.74, 6) is 0.694. The second-order valence-electron chi connectivity index (χ2n) is 6.38. The molecule has 0 aliphatic carbocycles. The fraction of sp³-hybridized carbons (Fsp3) is 0.389. The van der Waals surface area contributed by atoms with Crippen molar-refractivity contribution in [1.82, 2.24) is 14.9 Å². The van der Waals surface area contributed by atoms with Gasteiger partial charge in [0.25, 0.3) is 0 Å². The minimum absolute atomic E-state index is 0.113. The molecule has 1 aliphatic rings. The van der Waals surface area contributed by atoms with Gasteiger partial charge in [-0.15, -0.1) is 0 Å². The van der Waals surface area contributed by atoms with Crippen LogP contribution in [0, 0.1) is 0 Å². The second kappa shape index (κ2) is 7.83. The average molecular weight is 340 g/mol. The predicted molar refractivity (Wildman–Crippen MR) is 100 cm³/mol. The normalized spacial score (nSPS) is 17.0. The zero-order valence-corrected chi connectivity index (χ0v) is 14.6. The predicted octanol–water partition coefficient (Wildman–Crippen LogP) is 2.65. The summed E-state index contributed by atoms with van der Waals surface area (Å²) in [7, 11) is 3.78. The maximum absolute atomic E-state index is 12.7. The van der Waals surface area contributed by atoms with Gasteiger partial charge in [0.05, 0.1) is 6.20 Å². The smallest absolute Gasteiger partial charge is 0.322 e. The van der Waals surface area contributed by atoms with E-state index in [1.165, 1.54) is 6.33 Å². The molecule has 2 aromatic rings. The Labute approximate surface area is 148 Å². The lowest BCUT2D eigenvalue weighted by atomic mass is 10.1. The summed E-state index contributed by atoms with van der Waals surface area (Å²) in [5.41, 5.74) is 1.71. The fourth-order valence-corrected chi connectivity index (χ4v) is 3.01. The number of benzene rings is 1. The maximum atomic E-state index is 12.7. The molecule has 1 aromatic heterocycles. The first-order chi connectivity index (χ1) is 12.1. The molecule has 7 heteroatoms. The van der Waals surface area contributed by atoms with E-state index in [9.17, 15) is 4.79 Å². The van der Waals surface area contributed by atoms with Gasteiger partial charge >= 0.3 is 6.03 Å². The summed E-state index contributed by atoms with van der Waals surface area (Å²) in [6.45, 7) is 1.43. The minimum Gasteiger partial charge on any atom is -0.381 e. The van der Waals surface area contributed by atoms with Crippen LogP contribution in [-0.2, 0) is 0 Å². The van der Waals surface area contributed by atoms with Gasteiger partial charge < -0.3 is 20.4 Å². The first-order valence-electron chi connectivity index (χ1n) is 8.48. The van der Waals surface area contributed by atoms with Gasteiger partial charge in [-0.25, -0.2) is 14.8 Å². The molecule has 2 heterocycles. The quantitative estimate of drug-likeness (QED) is 0.895. The molecule has 1 saturated heterocycles. The lowest BCUT2D eigenvalue weighted by Crippen LogP contribution is -2.46. The highest BCUT2D eigenvalue weighted by atomic mass is 16.2. The van der Waals surface area contributed by atoms with Crippen LogP contribution in [0.3, 0.4) is 0 Å². The molecular formula is C18H24N6O. The molecule has 1 unspecified atom stereocenters. The molecular weight excluding hydrogens is 316 g/mol. The number of para-hydroxylation sites is 1. The molecule has 2 amide bonds. The lowest BCUT2D eigenvalue weighted by Gasteiger charge is -2.33. The Balaban J connectivity index is 1.62. The van der Waals surface area contributed by atoms with Crippen LogP contribution < -0.4 is 15.5 Å². The average Bonchev–Trinajstić information content (AvgIpc) is 2.63.